The molecule has 2 aliphatic rings. The molecule has 1 atom stereocenters. The van der Waals surface area contributed by atoms with Crippen LogP contribution in [-0.2, 0) is 9.47 Å². The van der Waals surface area contributed by atoms with Gasteiger partial charge in [-0.05, 0) is 52.4 Å². The third-order valence-corrected chi connectivity index (χ3v) is 4.18. The van der Waals surface area contributed by atoms with Crippen molar-refractivity contribution in [2.45, 2.75) is 76.2 Å². The summed E-state index contributed by atoms with van der Waals surface area (Å²) in [4.78, 5) is 0. The summed E-state index contributed by atoms with van der Waals surface area (Å²) in [5.74, 6) is 0. The Kier molecular flexibility index (Phi) is 4.45. The predicted molar refractivity (Wildman–Crippen MR) is 69.2 cm³/mol. The highest BCUT2D eigenvalue weighted by molar-refractivity contribution is 4.87. The highest BCUT2D eigenvalue weighted by Gasteiger charge is 2.31. The molecule has 1 N–H and O–H groups in total. The van der Waals surface area contributed by atoms with Gasteiger partial charge in [-0.25, -0.2) is 0 Å². The van der Waals surface area contributed by atoms with E-state index in [4.69, 9.17) is 9.47 Å². The number of hydrogen-bond donors (Lipinski definition) is 1. The van der Waals surface area contributed by atoms with Gasteiger partial charge in [-0.2, -0.15) is 0 Å². The molecule has 3 nitrogen and oxygen atoms in total. The second-order valence-electron chi connectivity index (χ2n) is 6.17. The fourth-order valence-electron chi connectivity index (χ4n) is 3.17. The average molecular weight is 241 g/mol. The second-order valence-corrected chi connectivity index (χ2v) is 6.17. The zero-order chi connectivity index (χ0) is 12.3. The van der Waals surface area contributed by atoms with Gasteiger partial charge in [-0.3, -0.25) is 0 Å². The zero-order valence-electron chi connectivity index (χ0n) is 11.5. The van der Waals surface area contributed by atoms with Crippen molar-refractivity contribution in [2.24, 2.45) is 0 Å². The maximum atomic E-state index is 5.76. The molecule has 0 spiro atoms. The molecule has 1 saturated heterocycles. The van der Waals surface area contributed by atoms with E-state index in [1.54, 1.807) is 0 Å². The smallest absolute Gasteiger partial charge is 0.0641 e. The number of hydrogen-bond acceptors (Lipinski definition) is 3. The molecular weight excluding hydrogens is 214 g/mol. The number of nitrogens with one attached hydrogen (secondary N) is 1. The summed E-state index contributed by atoms with van der Waals surface area (Å²) in [6.45, 7) is 5.30. The minimum atomic E-state index is 0.0552. The van der Waals surface area contributed by atoms with Crippen LogP contribution in [0.1, 0.15) is 52.4 Å². The molecule has 0 aromatic carbocycles. The molecular formula is C14H27NO2. The van der Waals surface area contributed by atoms with E-state index in [0.717, 1.165) is 19.4 Å². The molecule has 1 aliphatic carbocycles. The monoisotopic (exact) mass is 241 g/mol. The third-order valence-electron chi connectivity index (χ3n) is 4.18. The molecule has 1 saturated carbocycles. The lowest BCUT2D eigenvalue weighted by Crippen LogP contribution is -2.48. The van der Waals surface area contributed by atoms with Crippen molar-refractivity contribution in [2.75, 3.05) is 13.7 Å². The molecule has 1 unspecified atom stereocenters. The predicted octanol–water partition coefficient (Wildman–Crippen LogP) is 2.49. The van der Waals surface area contributed by atoms with Gasteiger partial charge in [0.2, 0.25) is 0 Å². The van der Waals surface area contributed by atoms with Crippen LogP contribution in [0.3, 0.4) is 0 Å². The van der Waals surface area contributed by atoms with Gasteiger partial charge in [0.1, 0.15) is 0 Å². The maximum absolute atomic E-state index is 5.76. The molecule has 0 radical (unpaired) electrons. The van der Waals surface area contributed by atoms with Crippen LogP contribution in [-0.4, -0.2) is 37.5 Å². The quantitative estimate of drug-likeness (QED) is 0.823. The van der Waals surface area contributed by atoms with E-state index < -0.39 is 0 Å². The van der Waals surface area contributed by atoms with Gasteiger partial charge < -0.3 is 14.8 Å². The Morgan fingerprint density at radius 2 is 1.76 bits per heavy atom. The van der Waals surface area contributed by atoms with Gasteiger partial charge in [-0.1, -0.05) is 0 Å². The van der Waals surface area contributed by atoms with Crippen LogP contribution in [0.15, 0.2) is 0 Å². The van der Waals surface area contributed by atoms with Gasteiger partial charge >= 0.3 is 0 Å². The molecule has 0 aromatic heterocycles. The van der Waals surface area contributed by atoms with Crippen LogP contribution < -0.4 is 5.32 Å². The third kappa shape index (κ3) is 3.94. The molecule has 17 heavy (non-hydrogen) atoms. The first-order valence-electron chi connectivity index (χ1n) is 7.02. The molecule has 0 aromatic rings. The lowest BCUT2D eigenvalue weighted by atomic mass is 9.89. The Labute approximate surface area is 105 Å². The van der Waals surface area contributed by atoms with Gasteiger partial charge in [0.25, 0.3) is 0 Å². The standard InChI is InChI=1S/C14H27NO2/c1-14(2)10-12(8-9-17-14)15-11-4-6-13(16-3)7-5-11/h11-13,15H,4-10H2,1-3H3. The summed E-state index contributed by atoms with van der Waals surface area (Å²) in [5.41, 5.74) is 0.0552. The normalized spacial score (nSPS) is 37.9. The van der Waals surface area contributed by atoms with Crippen molar-refractivity contribution in [3.63, 3.8) is 0 Å². The van der Waals surface area contributed by atoms with Crippen molar-refractivity contribution in [1.29, 1.82) is 0 Å². The van der Waals surface area contributed by atoms with Crippen molar-refractivity contribution in [1.82, 2.24) is 5.32 Å². The van der Waals surface area contributed by atoms with Gasteiger partial charge in [0.05, 0.1) is 11.7 Å². The molecule has 2 rings (SSSR count). The van der Waals surface area contributed by atoms with Crippen molar-refractivity contribution in [3.8, 4) is 0 Å². The Balaban J connectivity index is 1.74. The first-order valence-corrected chi connectivity index (χ1v) is 7.02. The Hall–Kier alpha value is -0.120. The van der Waals surface area contributed by atoms with Crippen molar-refractivity contribution in [3.05, 3.63) is 0 Å². The minimum Gasteiger partial charge on any atom is -0.381 e. The molecule has 1 aliphatic heterocycles. The van der Waals surface area contributed by atoms with Gasteiger partial charge in [0, 0.05) is 25.8 Å². The summed E-state index contributed by atoms with van der Waals surface area (Å²) >= 11 is 0. The second kappa shape index (κ2) is 5.68. The molecule has 2 fully saturated rings. The van der Waals surface area contributed by atoms with Crippen LogP contribution >= 0.6 is 0 Å². The van der Waals surface area contributed by atoms with Crippen LogP contribution in [0.4, 0.5) is 0 Å². The lowest BCUT2D eigenvalue weighted by molar-refractivity contribution is -0.0653. The van der Waals surface area contributed by atoms with Crippen LogP contribution in [0.5, 0.6) is 0 Å². The lowest BCUT2D eigenvalue weighted by Gasteiger charge is -2.39. The first-order chi connectivity index (χ1) is 8.09. The Bertz CT molecular complexity index is 234. The highest BCUT2D eigenvalue weighted by Crippen LogP contribution is 2.26. The molecule has 3 heteroatoms. The summed E-state index contributed by atoms with van der Waals surface area (Å²) in [6, 6.07) is 1.34. The van der Waals surface area contributed by atoms with Crippen LogP contribution in [0.2, 0.25) is 0 Å². The van der Waals surface area contributed by atoms with Crippen LogP contribution in [0.25, 0.3) is 0 Å². The van der Waals surface area contributed by atoms with E-state index in [1.165, 1.54) is 25.7 Å². The van der Waals surface area contributed by atoms with E-state index in [9.17, 15) is 0 Å². The van der Waals surface area contributed by atoms with E-state index in [0.29, 0.717) is 18.2 Å². The van der Waals surface area contributed by atoms with E-state index in [2.05, 4.69) is 19.2 Å². The fourth-order valence-corrected chi connectivity index (χ4v) is 3.17. The van der Waals surface area contributed by atoms with E-state index in [-0.39, 0.29) is 5.60 Å². The molecule has 1 heterocycles. The summed E-state index contributed by atoms with van der Waals surface area (Å²) < 4.78 is 11.2. The maximum Gasteiger partial charge on any atom is 0.0641 e. The summed E-state index contributed by atoms with van der Waals surface area (Å²) in [5, 5.41) is 3.82. The van der Waals surface area contributed by atoms with Gasteiger partial charge in [0.15, 0.2) is 0 Å². The fraction of sp³-hybridized carbons (Fsp3) is 1.00. The highest BCUT2D eigenvalue weighted by atomic mass is 16.5. The van der Waals surface area contributed by atoms with Gasteiger partial charge in [-0.15, -0.1) is 0 Å². The number of rotatable bonds is 3. The van der Waals surface area contributed by atoms with E-state index >= 15 is 0 Å². The first kappa shape index (κ1) is 13.3. The average Bonchev–Trinajstić information content (AvgIpc) is 2.29. The molecule has 100 valence electrons. The number of methoxy groups -OCH3 is 1. The van der Waals surface area contributed by atoms with Crippen LogP contribution in [0, 0.1) is 0 Å². The van der Waals surface area contributed by atoms with Crippen molar-refractivity contribution < 1.29 is 9.47 Å². The topological polar surface area (TPSA) is 30.5 Å². The number of ether oxygens (including phenoxy) is 2. The SMILES string of the molecule is COC1CCC(NC2CCOC(C)(C)C2)CC1. The summed E-state index contributed by atoms with van der Waals surface area (Å²) in [6.07, 6.45) is 7.73. The van der Waals surface area contributed by atoms with E-state index in [1.807, 2.05) is 7.11 Å². The molecule has 0 bridgehead atoms. The van der Waals surface area contributed by atoms with Crippen molar-refractivity contribution >= 4 is 0 Å². The largest absolute Gasteiger partial charge is 0.381 e. The summed E-state index contributed by atoms with van der Waals surface area (Å²) in [7, 11) is 1.83. The Morgan fingerprint density at radius 1 is 1.06 bits per heavy atom. The molecule has 0 amide bonds. The Morgan fingerprint density at radius 3 is 2.35 bits per heavy atom. The minimum absolute atomic E-state index is 0.0552. The zero-order valence-corrected chi connectivity index (χ0v) is 11.5.